The number of nitrogens with two attached hydrogens (primary N) is 1. The highest BCUT2D eigenvalue weighted by Gasteiger charge is 2.12. The minimum Gasteiger partial charge on any atom is -0.490 e. The Balaban J connectivity index is 1.75. The van der Waals surface area contributed by atoms with Gasteiger partial charge in [0.05, 0.1) is 23.2 Å². The number of hydrogen-bond acceptors (Lipinski definition) is 7. The zero-order chi connectivity index (χ0) is 20.1. The number of nitrogens with zero attached hydrogens (tertiary/aromatic N) is 4. The number of nitrogen functional groups attached to an aromatic ring is 1. The van der Waals surface area contributed by atoms with E-state index in [2.05, 4.69) is 36.9 Å². The first-order chi connectivity index (χ1) is 13.5. The zero-order valence-electron chi connectivity index (χ0n) is 14.8. The van der Waals surface area contributed by atoms with E-state index in [0.29, 0.717) is 41.3 Å². The Morgan fingerprint density at radius 3 is 2.61 bits per heavy atom. The summed E-state index contributed by atoms with van der Waals surface area (Å²) < 4.78 is 12.5. The molecule has 0 amide bonds. The van der Waals surface area contributed by atoms with Crippen LogP contribution in [0.4, 0.5) is 5.95 Å². The van der Waals surface area contributed by atoms with Gasteiger partial charge in [-0.1, -0.05) is 50.3 Å². The van der Waals surface area contributed by atoms with Gasteiger partial charge in [0.1, 0.15) is 6.61 Å². The molecule has 0 bridgehead atoms. The van der Waals surface area contributed by atoms with E-state index in [0.717, 1.165) is 15.6 Å². The predicted octanol–water partition coefficient (Wildman–Crippen LogP) is 4.05. The Bertz CT molecular complexity index is 969. The number of nitrogens with one attached hydrogen (secondary N) is 1. The van der Waals surface area contributed by atoms with Crippen molar-refractivity contribution in [2.75, 3.05) is 17.8 Å². The maximum atomic E-state index is 6.06. The second-order valence-corrected chi connectivity index (χ2v) is 7.31. The lowest BCUT2D eigenvalue weighted by atomic mass is 10.2. The number of hydrogen-bond donors (Lipinski definition) is 2. The van der Waals surface area contributed by atoms with Crippen LogP contribution in [-0.4, -0.2) is 26.9 Å². The maximum absolute atomic E-state index is 6.06. The summed E-state index contributed by atoms with van der Waals surface area (Å²) in [6.07, 6.45) is 0. The molecule has 0 aliphatic carbocycles. The maximum Gasteiger partial charge on any atom is 0.260 e. The van der Waals surface area contributed by atoms with E-state index >= 15 is 0 Å². The first kappa shape index (κ1) is 20.5. The normalized spacial score (nSPS) is 10.7. The molecule has 0 unspecified atom stereocenters. The first-order valence-electron chi connectivity index (χ1n) is 8.27. The molecule has 3 rings (SSSR count). The molecule has 3 N–H and O–H groups in total. The summed E-state index contributed by atoms with van der Waals surface area (Å²) in [7, 11) is 0. The standard InChI is InChI=1S/C17H17BrCl2N6O2/c1-2-27-15-6-11(8-22-26-17(21)23-24-25-26)12(18)7-16(15)28-9-10-3-4-13(19)14(20)5-10/h3-7,22H,2,8-9H2,1H3,(H2,21,23,25). The summed E-state index contributed by atoms with van der Waals surface area (Å²) in [5.41, 5.74) is 10.5. The number of tetrazole rings is 1. The molecule has 28 heavy (non-hydrogen) atoms. The van der Waals surface area contributed by atoms with Gasteiger partial charge in [-0.2, -0.15) is 0 Å². The number of halogens is 3. The Morgan fingerprint density at radius 1 is 1.14 bits per heavy atom. The van der Waals surface area contributed by atoms with Crippen LogP contribution in [0.5, 0.6) is 11.5 Å². The molecule has 0 saturated carbocycles. The molecule has 2 aromatic carbocycles. The zero-order valence-corrected chi connectivity index (χ0v) is 17.9. The lowest BCUT2D eigenvalue weighted by Crippen LogP contribution is -2.18. The number of ether oxygens (including phenoxy) is 2. The fourth-order valence-electron chi connectivity index (χ4n) is 2.35. The van der Waals surface area contributed by atoms with E-state index in [9.17, 15) is 0 Å². The topological polar surface area (TPSA) is 100 Å². The molecule has 0 fully saturated rings. The molecule has 0 saturated heterocycles. The van der Waals surface area contributed by atoms with Crippen molar-refractivity contribution in [3.63, 3.8) is 0 Å². The number of benzene rings is 2. The highest BCUT2D eigenvalue weighted by molar-refractivity contribution is 9.10. The van der Waals surface area contributed by atoms with Crippen molar-refractivity contribution < 1.29 is 9.47 Å². The SMILES string of the molecule is CCOc1cc(CNn2nnnc2N)c(Br)cc1OCc1ccc(Cl)c(Cl)c1. The second-order valence-electron chi connectivity index (χ2n) is 5.64. The van der Waals surface area contributed by atoms with Gasteiger partial charge < -0.3 is 20.6 Å². The van der Waals surface area contributed by atoms with Gasteiger partial charge in [0.2, 0.25) is 0 Å². The summed E-state index contributed by atoms with van der Waals surface area (Å²) in [6.45, 7) is 3.15. The van der Waals surface area contributed by atoms with E-state index in [1.165, 1.54) is 4.79 Å². The highest BCUT2D eigenvalue weighted by atomic mass is 79.9. The van der Waals surface area contributed by atoms with E-state index in [-0.39, 0.29) is 5.95 Å². The van der Waals surface area contributed by atoms with E-state index in [1.54, 1.807) is 12.1 Å². The van der Waals surface area contributed by atoms with Gasteiger partial charge in [0.25, 0.3) is 5.95 Å². The van der Waals surface area contributed by atoms with Crippen molar-refractivity contribution in [1.82, 2.24) is 20.3 Å². The Kier molecular flexibility index (Phi) is 6.82. The Morgan fingerprint density at radius 2 is 1.93 bits per heavy atom. The van der Waals surface area contributed by atoms with Gasteiger partial charge in [-0.15, -0.1) is 4.79 Å². The first-order valence-corrected chi connectivity index (χ1v) is 9.82. The van der Waals surface area contributed by atoms with Crippen LogP contribution in [0.15, 0.2) is 34.8 Å². The van der Waals surface area contributed by atoms with Crippen LogP contribution in [0.2, 0.25) is 10.0 Å². The van der Waals surface area contributed by atoms with E-state index < -0.39 is 0 Å². The highest BCUT2D eigenvalue weighted by Crippen LogP contribution is 2.35. The van der Waals surface area contributed by atoms with Gasteiger partial charge in [-0.3, -0.25) is 0 Å². The molecule has 0 radical (unpaired) electrons. The van der Waals surface area contributed by atoms with Crippen molar-refractivity contribution in [2.45, 2.75) is 20.1 Å². The molecule has 1 heterocycles. The predicted molar refractivity (Wildman–Crippen MR) is 111 cm³/mol. The van der Waals surface area contributed by atoms with Crippen LogP contribution in [0, 0.1) is 0 Å². The summed E-state index contributed by atoms with van der Waals surface area (Å²) in [5, 5.41) is 11.8. The minimum absolute atomic E-state index is 0.169. The Labute approximate surface area is 180 Å². The van der Waals surface area contributed by atoms with Gasteiger partial charge in [-0.05, 0) is 52.7 Å². The van der Waals surface area contributed by atoms with Crippen molar-refractivity contribution in [3.05, 3.63) is 56.0 Å². The van der Waals surface area contributed by atoms with Crippen molar-refractivity contribution in [2.24, 2.45) is 0 Å². The van der Waals surface area contributed by atoms with E-state index in [4.69, 9.17) is 38.4 Å². The molecule has 0 aliphatic heterocycles. The molecular weight excluding hydrogens is 471 g/mol. The average molecular weight is 488 g/mol. The van der Waals surface area contributed by atoms with Crippen LogP contribution >= 0.6 is 39.1 Å². The summed E-state index contributed by atoms with van der Waals surface area (Å²) in [5.74, 6) is 1.39. The largest absolute Gasteiger partial charge is 0.490 e. The van der Waals surface area contributed by atoms with Gasteiger partial charge in [-0.25, -0.2) is 0 Å². The quantitative estimate of drug-likeness (QED) is 0.494. The van der Waals surface area contributed by atoms with Crippen LogP contribution in [-0.2, 0) is 13.2 Å². The lowest BCUT2D eigenvalue weighted by Gasteiger charge is -2.16. The number of rotatable bonds is 8. The molecule has 0 atom stereocenters. The van der Waals surface area contributed by atoms with Crippen LogP contribution in [0.3, 0.4) is 0 Å². The lowest BCUT2D eigenvalue weighted by molar-refractivity contribution is 0.269. The number of anilines is 1. The minimum atomic E-state index is 0.169. The molecule has 0 spiro atoms. The molecule has 0 aliphatic rings. The Hall–Kier alpha value is -2.23. The third kappa shape index (κ3) is 4.98. The second kappa shape index (κ2) is 9.31. The van der Waals surface area contributed by atoms with Gasteiger partial charge in [0.15, 0.2) is 11.5 Å². The monoisotopic (exact) mass is 486 g/mol. The molecule has 148 valence electrons. The van der Waals surface area contributed by atoms with Crippen molar-refractivity contribution in [3.8, 4) is 11.5 Å². The van der Waals surface area contributed by atoms with Crippen LogP contribution in [0.1, 0.15) is 18.1 Å². The smallest absolute Gasteiger partial charge is 0.260 e. The summed E-state index contributed by atoms with van der Waals surface area (Å²) in [6, 6.07) is 9.10. The third-order valence-electron chi connectivity index (χ3n) is 3.70. The molecule has 3 aromatic rings. The third-order valence-corrected chi connectivity index (χ3v) is 5.18. The van der Waals surface area contributed by atoms with Crippen molar-refractivity contribution in [1.29, 1.82) is 0 Å². The molecule has 8 nitrogen and oxygen atoms in total. The fraction of sp³-hybridized carbons (Fsp3) is 0.235. The summed E-state index contributed by atoms with van der Waals surface area (Å²) >= 11 is 15.6. The van der Waals surface area contributed by atoms with Crippen molar-refractivity contribution >= 4 is 45.1 Å². The molecule has 1 aromatic heterocycles. The fourth-order valence-corrected chi connectivity index (χ4v) is 3.13. The average Bonchev–Trinajstić information content (AvgIpc) is 3.08. The summed E-state index contributed by atoms with van der Waals surface area (Å²) in [4.78, 5) is 1.29. The van der Waals surface area contributed by atoms with Crippen LogP contribution < -0.4 is 20.6 Å². The van der Waals surface area contributed by atoms with Gasteiger partial charge >= 0.3 is 0 Å². The molecular formula is C17H17BrCl2N6O2. The van der Waals surface area contributed by atoms with Gasteiger partial charge in [0, 0.05) is 4.47 Å². The number of aromatic nitrogens is 4. The molecule has 11 heteroatoms. The van der Waals surface area contributed by atoms with Crippen LogP contribution in [0.25, 0.3) is 0 Å². The van der Waals surface area contributed by atoms with E-state index in [1.807, 2.05) is 25.1 Å².